The highest BCUT2D eigenvalue weighted by Crippen LogP contribution is 2.42. The molecule has 1 fully saturated rings. The lowest BCUT2D eigenvalue weighted by Crippen LogP contribution is -2.39. The van der Waals surface area contributed by atoms with Crippen LogP contribution in [0.15, 0.2) is 17.0 Å². The zero-order chi connectivity index (χ0) is 15.8. The van der Waals surface area contributed by atoms with E-state index in [0.717, 1.165) is 18.7 Å². The van der Waals surface area contributed by atoms with Crippen molar-refractivity contribution in [2.24, 2.45) is 0 Å². The number of hydrogen-bond acceptors (Lipinski definition) is 3. The van der Waals surface area contributed by atoms with Crippen LogP contribution in [0.5, 0.6) is 0 Å². The van der Waals surface area contributed by atoms with E-state index in [4.69, 9.17) is 0 Å². The Morgan fingerprint density at radius 1 is 1.24 bits per heavy atom. The SMILES string of the molecule is Cc1cc(F)c(C2(C(=O)O)CCCCC2)cc1S(C)(=O)=O. The lowest BCUT2D eigenvalue weighted by molar-refractivity contribution is -0.145. The average Bonchev–Trinajstić information content (AvgIpc) is 2.37. The van der Waals surface area contributed by atoms with Crippen LogP contribution in [-0.4, -0.2) is 25.7 Å². The van der Waals surface area contributed by atoms with Crippen LogP contribution in [0, 0.1) is 12.7 Å². The average molecular weight is 314 g/mol. The van der Waals surface area contributed by atoms with Crippen molar-refractivity contribution in [1.29, 1.82) is 0 Å². The maximum atomic E-state index is 14.4. The minimum absolute atomic E-state index is 0.000671. The molecule has 2 rings (SSSR count). The number of aliphatic carboxylic acids is 1. The van der Waals surface area contributed by atoms with Gasteiger partial charge in [0.1, 0.15) is 5.82 Å². The van der Waals surface area contributed by atoms with Gasteiger partial charge in [-0.3, -0.25) is 4.79 Å². The molecular weight excluding hydrogens is 295 g/mol. The summed E-state index contributed by atoms with van der Waals surface area (Å²) in [6.07, 6.45) is 4.05. The van der Waals surface area contributed by atoms with Gasteiger partial charge in [-0.1, -0.05) is 19.3 Å². The lowest BCUT2D eigenvalue weighted by Gasteiger charge is -2.34. The maximum absolute atomic E-state index is 14.4. The third-order valence-electron chi connectivity index (χ3n) is 4.30. The molecule has 1 aromatic carbocycles. The number of halogens is 1. The molecule has 0 radical (unpaired) electrons. The van der Waals surface area contributed by atoms with E-state index in [0.29, 0.717) is 31.2 Å². The molecule has 0 amide bonds. The summed E-state index contributed by atoms with van der Waals surface area (Å²) in [4.78, 5) is 11.8. The first-order valence-corrected chi connectivity index (χ1v) is 8.82. The van der Waals surface area contributed by atoms with Gasteiger partial charge >= 0.3 is 5.97 Å². The van der Waals surface area contributed by atoms with E-state index >= 15 is 0 Å². The standard InChI is InChI=1S/C15H19FO4S/c1-10-8-12(16)11(9-13(10)21(2,19)20)15(14(17)18)6-4-3-5-7-15/h8-9H,3-7H2,1-2H3,(H,17,18). The summed E-state index contributed by atoms with van der Waals surface area (Å²) >= 11 is 0. The van der Waals surface area contributed by atoms with Gasteiger partial charge in [-0.05, 0) is 37.5 Å². The maximum Gasteiger partial charge on any atom is 0.314 e. The van der Waals surface area contributed by atoms with Gasteiger partial charge in [0.25, 0.3) is 0 Å². The van der Waals surface area contributed by atoms with Crippen LogP contribution >= 0.6 is 0 Å². The number of carboxylic acid groups (broad SMARTS) is 1. The summed E-state index contributed by atoms with van der Waals surface area (Å²) in [5, 5.41) is 9.61. The first-order valence-electron chi connectivity index (χ1n) is 6.92. The molecule has 1 saturated carbocycles. The highest BCUT2D eigenvalue weighted by atomic mass is 32.2. The number of hydrogen-bond donors (Lipinski definition) is 1. The summed E-state index contributed by atoms with van der Waals surface area (Å²) in [6.45, 7) is 1.51. The molecule has 0 bridgehead atoms. The van der Waals surface area contributed by atoms with Crippen molar-refractivity contribution in [3.63, 3.8) is 0 Å². The van der Waals surface area contributed by atoms with Crippen molar-refractivity contribution in [2.75, 3.05) is 6.26 Å². The van der Waals surface area contributed by atoms with E-state index in [1.165, 1.54) is 13.0 Å². The summed E-state index contributed by atoms with van der Waals surface area (Å²) < 4.78 is 38.0. The Hall–Kier alpha value is -1.43. The third kappa shape index (κ3) is 2.81. The number of benzene rings is 1. The van der Waals surface area contributed by atoms with E-state index < -0.39 is 27.0 Å². The molecule has 0 spiro atoms. The van der Waals surface area contributed by atoms with Crippen LogP contribution in [0.1, 0.15) is 43.2 Å². The molecule has 116 valence electrons. The van der Waals surface area contributed by atoms with E-state index in [9.17, 15) is 22.7 Å². The minimum Gasteiger partial charge on any atom is -0.481 e. The number of rotatable bonds is 3. The van der Waals surface area contributed by atoms with Crippen LogP contribution in [-0.2, 0) is 20.0 Å². The molecule has 0 atom stereocenters. The van der Waals surface area contributed by atoms with Crippen molar-refractivity contribution >= 4 is 15.8 Å². The minimum atomic E-state index is -3.52. The van der Waals surface area contributed by atoms with E-state index in [1.807, 2.05) is 0 Å². The Balaban J connectivity index is 2.69. The molecule has 6 heteroatoms. The van der Waals surface area contributed by atoms with E-state index in [2.05, 4.69) is 0 Å². The molecule has 21 heavy (non-hydrogen) atoms. The van der Waals surface area contributed by atoms with Crippen molar-refractivity contribution < 1.29 is 22.7 Å². The van der Waals surface area contributed by atoms with Crippen molar-refractivity contribution in [3.05, 3.63) is 29.1 Å². The van der Waals surface area contributed by atoms with Gasteiger partial charge in [0.15, 0.2) is 9.84 Å². The van der Waals surface area contributed by atoms with Crippen LogP contribution in [0.25, 0.3) is 0 Å². The van der Waals surface area contributed by atoms with Crippen LogP contribution in [0.4, 0.5) is 4.39 Å². The molecule has 1 aliphatic carbocycles. The zero-order valence-electron chi connectivity index (χ0n) is 12.1. The molecule has 4 nitrogen and oxygen atoms in total. The molecule has 1 aromatic rings. The predicted molar refractivity (Wildman–Crippen MR) is 76.6 cm³/mol. The van der Waals surface area contributed by atoms with Gasteiger partial charge in [0, 0.05) is 11.8 Å². The fourth-order valence-corrected chi connectivity index (χ4v) is 4.15. The number of carboxylic acids is 1. The summed E-state index contributed by atoms with van der Waals surface area (Å²) in [7, 11) is -3.52. The zero-order valence-corrected chi connectivity index (χ0v) is 13.0. The fourth-order valence-electron chi connectivity index (χ4n) is 3.17. The largest absolute Gasteiger partial charge is 0.481 e. The Kier molecular flexibility index (Phi) is 4.10. The topological polar surface area (TPSA) is 71.4 Å². The van der Waals surface area contributed by atoms with E-state index in [1.54, 1.807) is 0 Å². The summed E-state index contributed by atoms with van der Waals surface area (Å²) in [5.74, 6) is -1.71. The Bertz CT molecular complexity index is 673. The predicted octanol–water partition coefficient (Wildman–Crippen LogP) is 2.82. The van der Waals surface area contributed by atoms with Crippen LogP contribution in [0.3, 0.4) is 0 Å². The van der Waals surface area contributed by atoms with Gasteiger partial charge in [-0.25, -0.2) is 12.8 Å². The first kappa shape index (κ1) is 15.9. The monoisotopic (exact) mass is 314 g/mol. The molecule has 0 aliphatic heterocycles. The lowest BCUT2D eigenvalue weighted by atomic mass is 9.69. The second-order valence-corrected chi connectivity index (χ2v) is 7.80. The quantitative estimate of drug-likeness (QED) is 0.871. The molecule has 0 heterocycles. The van der Waals surface area contributed by atoms with Gasteiger partial charge in [-0.2, -0.15) is 0 Å². The van der Waals surface area contributed by atoms with Gasteiger partial charge < -0.3 is 5.11 Å². The third-order valence-corrected chi connectivity index (χ3v) is 5.53. The fraction of sp³-hybridized carbons (Fsp3) is 0.533. The molecular formula is C15H19FO4S. The van der Waals surface area contributed by atoms with Crippen molar-refractivity contribution in [1.82, 2.24) is 0 Å². The highest BCUT2D eigenvalue weighted by molar-refractivity contribution is 7.90. The smallest absolute Gasteiger partial charge is 0.314 e. The van der Waals surface area contributed by atoms with Crippen molar-refractivity contribution in [2.45, 2.75) is 49.3 Å². The van der Waals surface area contributed by atoms with Gasteiger partial charge in [0.2, 0.25) is 0 Å². The Morgan fingerprint density at radius 2 is 1.81 bits per heavy atom. The summed E-state index contributed by atoms with van der Waals surface area (Å²) in [5.41, 5.74) is -1.01. The van der Waals surface area contributed by atoms with Gasteiger partial charge in [-0.15, -0.1) is 0 Å². The number of carbonyl (C=O) groups is 1. The molecule has 0 saturated heterocycles. The second kappa shape index (κ2) is 5.40. The van der Waals surface area contributed by atoms with E-state index in [-0.39, 0.29) is 10.5 Å². The highest BCUT2D eigenvalue weighted by Gasteiger charge is 2.43. The van der Waals surface area contributed by atoms with Crippen LogP contribution < -0.4 is 0 Å². The normalized spacial score (nSPS) is 18.4. The molecule has 0 aromatic heterocycles. The molecule has 1 N–H and O–H groups in total. The van der Waals surface area contributed by atoms with Gasteiger partial charge in [0.05, 0.1) is 10.3 Å². The van der Waals surface area contributed by atoms with Crippen LogP contribution in [0.2, 0.25) is 0 Å². The first-order chi connectivity index (χ1) is 9.68. The number of sulfone groups is 1. The Morgan fingerprint density at radius 3 is 2.29 bits per heavy atom. The summed E-state index contributed by atoms with van der Waals surface area (Å²) in [6, 6.07) is 2.35. The number of aryl methyl sites for hydroxylation is 1. The molecule has 0 unspecified atom stereocenters. The second-order valence-electron chi connectivity index (χ2n) is 5.82. The molecule has 1 aliphatic rings. The van der Waals surface area contributed by atoms with Crippen molar-refractivity contribution in [3.8, 4) is 0 Å². The Labute approximate surface area is 123 Å².